The molecule has 0 bridgehead atoms. The SMILES string of the molecule is COc1ccc([C@@H](C)NC(O)/C(C#N)=C/c2c[nH]c3ncc(C(=O)N4CCOCC4)cc23)cc1OC. The standard InChI is InChI=1S/C26H29N5O5/c1-16(17-4-5-22(34-2)23(12-17)35-3)30-25(32)18(13-27)10-19-14-28-24-21(19)11-20(15-29-24)26(33)31-6-8-36-9-7-31/h4-5,10-12,14-16,25,30,32H,6-9H2,1-3H3,(H,28,29)/b18-10+/t16-,25?/m1/s1. The average Bonchev–Trinajstić information content (AvgIpc) is 3.32. The van der Waals surface area contributed by atoms with Crippen molar-refractivity contribution in [2.45, 2.75) is 19.2 Å². The van der Waals surface area contributed by atoms with Crippen LogP contribution in [-0.2, 0) is 4.74 Å². The van der Waals surface area contributed by atoms with Crippen LogP contribution in [0.4, 0.5) is 0 Å². The number of aromatic nitrogens is 2. The zero-order chi connectivity index (χ0) is 25.7. The number of aliphatic hydroxyl groups is 1. The number of amides is 1. The van der Waals surface area contributed by atoms with Crippen LogP contribution in [0.15, 0.2) is 42.2 Å². The van der Waals surface area contributed by atoms with E-state index in [1.807, 2.05) is 19.1 Å². The number of hydrogen-bond donors (Lipinski definition) is 3. The average molecular weight is 492 g/mol. The highest BCUT2D eigenvalue weighted by atomic mass is 16.5. The first-order valence-corrected chi connectivity index (χ1v) is 11.6. The first-order valence-electron chi connectivity index (χ1n) is 11.6. The molecule has 2 atom stereocenters. The van der Waals surface area contributed by atoms with Crippen LogP contribution in [0.2, 0.25) is 0 Å². The van der Waals surface area contributed by atoms with Crippen LogP contribution < -0.4 is 14.8 Å². The first kappa shape index (κ1) is 25.2. The molecule has 188 valence electrons. The Morgan fingerprint density at radius 1 is 1.28 bits per heavy atom. The van der Waals surface area contributed by atoms with Crippen molar-refractivity contribution in [3.05, 3.63) is 58.9 Å². The lowest BCUT2D eigenvalue weighted by molar-refractivity contribution is 0.0302. The maximum Gasteiger partial charge on any atom is 0.255 e. The first-order chi connectivity index (χ1) is 17.4. The molecule has 0 aliphatic carbocycles. The van der Waals surface area contributed by atoms with Crippen LogP contribution in [0.1, 0.15) is 34.5 Å². The fourth-order valence-electron chi connectivity index (χ4n) is 4.09. The number of rotatable bonds is 8. The summed E-state index contributed by atoms with van der Waals surface area (Å²) >= 11 is 0. The third kappa shape index (κ3) is 5.33. The molecule has 1 aliphatic heterocycles. The van der Waals surface area contributed by atoms with Gasteiger partial charge in [-0.1, -0.05) is 6.07 Å². The Morgan fingerprint density at radius 3 is 2.72 bits per heavy atom. The van der Waals surface area contributed by atoms with Gasteiger partial charge in [-0.3, -0.25) is 10.1 Å². The Morgan fingerprint density at radius 2 is 2.03 bits per heavy atom. The number of methoxy groups -OCH3 is 2. The summed E-state index contributed by atoms with van der Waals surface area (Å²) in [6, 6.07) is 9.00. The number of ether oxygens (including phenoxy) is 3. The summed E-state index contributed by atoms with van der Waals surface area (Å²) in [5.41, 5.74) is 2.65. The molecule has 2 aromatic heterocycles. The molecule has 0 spiro atoms. The molecule has 1 fully saturated rings. The summed E-state index contributed by atoms with van der Waals surface area (Å²) in [5.74, 6) is 1.06. The molecule has 0 radical (unpaired) electrons. The summed E-state index contributed by atoms with van der Waals surface area (Å²) < 4.78 is 16.0. The van der Waals surface area contributed by atoms with Gasteiger partial charge in [-0.2, -0.15) is 5.26 Å². The van der Waals surface area contributed by atoms with E-state index >= 15 is 0 Å². The highest BCUT2D eigenvalue weighted by Crippen LogP contribution is 2.30. The van der Waals surface area contributed by atoms with Crippen LogP contribution in [0, 0.1) is 11.3 Å². The third-order valence-electron chi connectivity index (χ3n) is 6.16. The van der Waals surface area contributed by atoms with E-state index in [2.05, 4.69) is 21.4 Å². The largest absolute Gasteiger partial charge is 0.493 e. The molecule has 1 unspecified atom stereocenters. The maximum atomic E-state index is 12.9. The number of H-pyrrole nitrogens is 1. The van der Waals surface area contributed by atoms with Crippen molar-refractivity contribution in [1.82, 2.24) is 20.2 Å². The molecule has 3 aromatic rings. The van der Waals surface area contributed by atoms with Crippen molar-refractivity contribution in [2.24, 2.45) is 0 Å². The molecular formula is C26H29N5O5. The number of benzene rings is 1. The minimum atomic E-state index is -1.23. The van der Waals surface area contributed by atoms with Crippen LogP contribution in [-0.4, -0.2) is 72.6 Å². The van der Waals surface area contributed by atoms with Crippen molar-refractivity contribution in [2.75, 3.05) is 40.5 Å². The van der Waals surface area contributed by atoms with Gasteiger partial charge in [0.05, 0.1) is 44.6 Å². The number of nitrogens with one attached hydrogen (secondary N) is 2. The minimum absolute atomic E-state index is 0.116. The number of hydrogen-bond acceptors (Lipinski definition) is 8. The third-order valence-corrected chi connectivity index (χ3v) is 6.16. The van der Waals surface area contributed by atoms with Crippen molar-refractivity contribution in [3.8, 4) is 17.6 Å². The van der Waals surface area contributed by atoms with Crippen molar-refractivity contribution in [3.63, 3.8) is 0 Å². The zero-order valence-corrected chi connectivity index (χ0v) is 20.4. The van der Waals surface area contributed by atoms with Gasteiger partial charge >= 0.3 is 0 Å². The fourth-order valence-corrected chi connectivity index (χ4v) is 4.09. The Bertz CT molecular complexity index is 1310. The normalized spacial score (nSPS) is 15.9. The van der Waals surface area contributed by atoms with Crippen molar-refractivity contribution in [1.29, 1.82) is 5.26 Å². The van der Waals surface area contributed by atoms with Gasteiger partial charge < -0.3 is 29.2 Å². The van der Waals surface area contributed by atoms with E-state index in [0.29, 0.717) is 60.0 Å². The molecule has 10 nitrogen and oxygen atoms in total. The summed E-state index contributed by atoms with van der Waals surface area (Å²) in [6.07, 6.45) is 3.59. The van der Waals surface area contributed by atoms with Gasteiger partial charge in [-0.25, -0.2) is 4.98 Å². The van der Waals surface area contributed by atoms with Gasteiger partial charge in [0.1, 0.15) is 11.9 Å². The monoisotopic (exact) mass is 491 g/mol. The van der Waals surface area contributed by atoms with E-state index in [0.717, 1.165) is 5.56 Å². The molecule has 3 N–H and O–H groups in total. The zero-order valence-electron chi connectivity index (χ0n) is 20.4. The summed E-state index contributed by atoms with van der Waals surface area (Å²) in [4.78, 5) is 22.0. The maximum absolute atomic E-state index is 12.9. The van der Waals surface area contributed by atoms with Gasteiger partial charge in [-0.05, 0) is 36.8 Å². The molecule has 1 saturated heterocycles. The van der Waals surface area contributed by atoms with Crippen LogP contribution >= 0.6 is 0 Å². The van der Waals surface area contributed by atoms with E-state index in [4.69, 9.17) is 14.2 Å². The van der Waals surface area contributed by atoms with Crippen molar-refractivity contribution >= 4 is 23.0 Å². The topological polar surface area (TPSA) is 133 Å². The fraction of sp³-hybridized carbons (Fsp3) is 0.346. The number of carbonyl (C=O) groups is 1. The van der Waals surface area contributed by atoms with Gasteiger partial charge in [0.15, 0.2) is 11.5 Å². The molecule has 1 aromatic carbocycles. The highest BCUT2D eigenvalue weighted by molar-refractivity contribution is 5.98. The Hall–Kier alpha value is -3.91. The molecule has 1 aliphatic rings. The summed E-state index contributed by atoms with van der Waals surface area (Å²) in [7, 11) is 3.12. The van der Waals surface area contributed by atoms with E-state index < -0.39 is 6.23 Å². The Balaban J connectivity index is 1.55. The number of morpholine rings is 1. The van der Waals surface area contributed by atoms with Crippen LogP contribution in [0.5, 0.6) is 11.5 Å². The molecule has 3 heterocycles. The number of aromatic amines is 1. The van der Waals surface area contributed by atoms with Crippen LogP contribution in [0.3, 0.4) is 0 Å². The van der Waals surface area contributed by atoms with Crippen LogP contribution in [0.25, 0.3) is 17.1 Å². The highest BCUT2D eigenvalue weighted by Gasteiger charge is 2.21. The number of nitriles is 1. The molecule has 36 heavy (non-hydrogen) atoms. The second-order valence-corrected chi connectivity index (χ2v) is 8.39. The minimum Gasteiger partial charge on any atom is -0.493 e. The second-order valence-electron chi connectivity index (χ2n) is 8.39. The molecule has 10 heteroatoms. The summed E-state index contributed by atoms with van der Waals surface area (Å²) in [5, 5.41) is 24.3. The lowest BCUT2D eigenvalue weighted by Gasteiger charge is -2.26. The Labute approximate surface area is 209 Å². The number of carbonyl (C=O) groups excluding carboxylic acids is 1. The number of aliphatic hydroxyl groups excluding tert-OH is 1. The smallest absolute Gasteiger partial charge is 0.255 e. The Kier molecular flexibility index (Phi) is 7.85. The number of fused-ring (bicyclic) bond motifs is 1. The van der Waals surface area contributed by atoms with E-state index in [-0.39, 0.29) is 17.5 Å². The predicted molar refractivity (Wildman–Crippen MR) is 134 cm³/mol. The van der Waals surface area contributed by atoms with Gasteiger partial charge in [0.25, 0.3) is 5.91 Å². The van der Waals surface area contributed by atoms with E-state index in [1.165, 1.54) is 6.20 Å². The quantitative estimate of drug-likeness (QED) is 0.324. The van der Waals surface area contributed by atoms with Crippen molar-refractivity contribution < 1.29 is 24.1 Å². The molecule has 0 saturated carbocycles. The molecular weight excluding hydrogens is 462 g/mol. The van der Waals surface area contributed by atoms with Gasteiger partial charge in [0.2, 0.25) is 0 Å². The number of pyridine rings is 1. The second kappa shape index (κ2) is 11.2. The molecule has 1 amide bonds. The predicted octanol–water partition coefficient (Wildman–Crippen LogP) is 2.63. The van der Waals surface area contributed by atoms with Gasteiger partial charge in [-0.15, -0.1) is 0 Å². The summed E-state index contributed by atoms with van der Waals surface area (Å²) in [6.45, 7) is 3.96. The lowest BCUT2D eigenvalue weighted by atomic mass is 10.1. The number of nitrogens with zero attached hydrogens (tertiary/aromatic N) is 3. The lowest BCUT2D eigenvalue weighted by Crippen LogP contribution is -2.40. The van der Waals surface area contributed by atoms with E-state index in [1.54, 1.807) is 43.5 Å². The van der Waals surface area contributed by atoms with E-state index in [9.17, 15) is 15.2 Å². The van der Waals surface area contributed by atoms with Gasteiger partial charge in [0, 0.05) is 42.5 Å². The molecule has 4 rings (SSSR count).